The number of benzene rings is 2. The van der Waals surface area contributed by atoms with E-state index in [1.54, 1.807) is 11.0 Å². The van der Waals surface area contributed by atoms with Gasteiger partial charge in [0, 0.05) is 5.02 Å². The lowest BCUT2D eigenvalue weighted by atomic mass is 9.76. The van der Waals surface area contributed by atoms with Crippen LogP contribution in [0.15, 0.2) is 67.3 Å². The molecule has 0 fully saturated rings. The summed E-state index contributed by atoms with van der Waals surface area (Å²) >= 11 is 5.96. The van der Waals surface area contributed by atoms with Gasteiger partial charge in [-0.25, -0.2) is 4.98 Å². The summed E-state index contributed by atoms with van der Waals surface area (Å²) in [6.45, 7) is 0.441. The van der Waals surface area contributed by atoms with Gasteiger partial charge in [0.15, 0.2) is 0 Å². The minimum Gasteiger partial charge on any atom is -0.251 e. The number of rotatable bonds is 5. The van der Waals surface area contributed by atoms with Gasteiger partial charge in [0.25, 0.3) is 0 Å². The third-order valence-electron chi connectivity index (χ3n) is 3.86. The average Bonchev–Trinajstić information content (AvgIpc) is 3.10. The molecule has 0 saturated heterocycles. The highest BCUT2D eigenvalue weighted by Gasteiger charge is 2.33. The maximum atomic E-state index is 10.0. The van der Waals surface area contributed by atoms with Gasteiger partial charge >= 0.3 is 0 Å². The van der Waals surface area contributed by atoms with E-state index in [2.05, 4.69) is 16.2 Å². The van der Waals surface area contributed by atoms with E-state index in [9.17, 15) is 5.26 Å². The molecule has 0 aliphatic rings. The summed E-state index contributed by atoms with van der Waals surface area (Å²) in [6.07, 6.45) is 3.69. The zero-order valence-electron chi connectivity index (χ0n) is 12.4. The fraction of sp³-hybridized carbons (Fsp3) is 0.167. The number of halogens is 1. The van der Waals surface area contributed by atoms with Gasteiger partial charge in [-0.2, -0.15) is 10.4 Å². The Kier molecular flexibility index (Phi) is 4.40. The standard InChI is InChI=1S/C18H15ClN4/c19-17-8-6-15(7-9-17)10-18(11-20,12-23-14-21-13-22-23)16-4-2-1-3-5-16/h1-9,13-14H,10,12H2. The first-order chi connectivity index (χ1) is 11.2. The summed E-state index contributed by atoms with van der Waals surface area (Å²) in [5.74, 6) is 0. The first kappa shape index (κ1) is 15.3. The molecule has 4 nitrogen and oxygen atoms in total. The Morgan fingerprint density at radius 1 is 1.09 bits per heavy atom. The second kappa shape index (κ2) is 6.64. The van der Waals surface area contributed by atoms with Crippen molar-refractivity contribution in [1.29, 1.82) is 5.26 Å². The maximum Gasteiger partial charge on any atom is 0.137 e. The summed E-state index contributed by atoms with van der Waals surface area (Å²) in [6, 6.07) is 19.9. The number of nitriles is 1. The Bertz CT molecular complexity index is 791. The van der Waals surface area contributed by atoms with Crippen molar-refractivity contribution in [2.45, 2.75) is 18.4 Å². The van der Waals surface area contributed by atoms with Crippen LogP contribution in [0.2, 0.25) is 5.02 Å². The molecule has 3 rings (SSSR count). The predicted octanol–water partition coefficient (Wildman–Crippen LogP) is 3.64. The van der Waals surface area contributed by atoms with Crippen LogP contribution in [0.5, 0.6) is 0 Å². The largest absolute Gasteiger partial charge is 0.251 e. The third-order valence-corrected chi connectivity index (χ3v) is 4.11. The highest BCUT2D eigenvalue weighted by molar-refractivity contribution is 6.30. The van der Waals surface area contributed by atoms with Crippen LogP contribution in [0.1, 0.15) is 11.1 Å². The molecule has 2 aromatic carbocycles. The third kappa shape index (κ3) is 3.41. The van der Waals surface area contributed by atoms with Gasteiger partial charge in [0.05, 0.1) is 12.6 Å². The van der Waals surface area contributed by atoms with E-state index in [0.717, 1.165) is 11.1 Å². The van der Waals surface area contributed by atoms with Crippen LogP contribution in [0.3, 0.4) is 0 Å². The Balaban J connectivity index is 2.01. The number of nitrogens with zero attached hydrogens (tertiary/aromatic N) is 4. The van der Waals surface area contributed by atoms with Crippen molar-refractivity contribution in [3.05, 3.63) is 83.4 Å². The molecule has 0 bridgehead atoms. The first-order valence-electron chi connectivity index (χ1n) is 7.25. The van der Waals surface area contributed by atoms with Crippen molar-refractivity contribution in [3.8, 4) is 6.07 Å². The lowest BCUT2D eigenvalue weighted by molar-refractivity contribution is 0.425. The van der Waals surface area contributed by atoms with Gasteiger partial charge in [-0.3, -0.25) is 4.68 Å². The van der Waals surface area contributed by atoms with Crippen molar-refractivity contribution >= 4 is 11.6 Å². The quantitative estimate of drug-likeness (QED) is 0.720. The summed E-state index contributed by atoms with van der Waals surface area (Å²) in [4.78, 5) is 3.98. The Morgan fingerprint density at radius 2 is 1.83 bits per heavy atom. The fourth-order valence-corrected chi connectivity index (χ4v) is 2.81. The molecule has 1 atom stereocenters. The monoisotopic (exact) mass is 322 g/mol. The second-order valence-corrected chi connectivity index (χ2v) is 5.89. The summed E-state index contributed by atoms with van der Waals surface area (Å²) in [7, 11) is 0. The summed E-state index contributed by atoms with van der Waals surface area (Å²) in [5.41, 5.74) is 1.30. The lowest BCUT2D eigenvalue weighted by Crippen LogP contribution is -2.33. The molecule has 0 N–H and O–H groups in total. The molecule has 0 aliphatic heterocycles. The number of hydrogen-bond acceptors (Lipinski definition) is 3. The topological polar surface area (TPSA) is 54.5 Å². The number of hydrogen-bond donors (Lipinski definition) is 0. The highest BCUT2D eigenvalue weighted by Crippen LogP contribution is 2.30. The van der Waals surface area contributed by atoms with Crippen molar-refractivity contribution in [3.63, 3.8) is 0 Å². The van der Waals surface area contributed by atoms with Gasteiger partial charge in [0.1, 0.15) is 18.1 Å². The molecule has 1 unspecified atom stereocenters. The van der Waals surface area contributed by atoms with Gasteiger partial charge in [-0.15, -0.1) is 0 Å². The van der Waals surface area contributed by atoms with Crippen LogP contribution in [-0.2, 0) is 18.4 Å². The molecular weight excluding hydrogens is 308 g/mol. The summed E-state index contributed by atoms with van der Waals surface area (Å²) < 4.78 is 1.70. The molecule has 3 aromatic rings. The minimum atomic E-state index is -0.719. The van der Waals surface area contributed by atoms with E-state index in [-0.39, 0.29) is 0 Å². The van der Waals surface area contributed by atoms with Gasteiger partial charge in [-0.1, -0.05) is 54.1 Å². The van der Waals surface area contributed by atoms with Crippen molar-refractivity contribution in [1.82, 2.24) is 14.8 Å². The SMILES string of the molecule is N#CC(Cc1ccc(Cl)cc1)(Cn1cncn1)c1ccccc1. The molecule has 5 heteroatoms. The molecule has 23 heavy (non-hydrogen) atoms. The van der Waals surface area contributed by atoms with Crippen LogP contribution in [0.4, 0.5) is 0 Å². The summed E-state index contributed by atoms with van der Waals surface area (Å²) in [5, 5.41) is 14.9. The zero-order valence-corrected chi connectivity index (χ0v) is 13.2. The van der Waals surface area contributed by atoms with Crippen molar-refractivity contribution in [2.75, 3.05) is 0 Å². The van der Waals surface area contributed by atoms with E-state index < -0.39 is 5.41 Å². The van der Waals surface area contributed by atoms with Crippen molar-refractivity contribution in [2.24, 2.45) is 0 Å². The van der Waals surface area contributed by atoms with E-state index in [4.69, 9.17) is 11.6 Å². The lowest BCUT2D eigenvalue weighted by Gasteiger charge is -2.27. The van der Waals surface area contributed by atoms with Gasteiger partial charge < -0.3 is 0 Å². The van der Waals surface area contributed by atoms with E-state index in [1.807, 2.05) is 54.6 Å². The highest BCUT2D eigenvalue weighted by atomic mass is 35.5. The number of aromatic nitrogens is 3. The molecule has 114 valence electrons. The van der Waals surface area contributed by atoms with E-state index in [1.165, 1.54) is 6.33 Å². The second-order valence-electron chi connectivity index (χ2n) is 5.46. The first-order valence-corrected chi connectivity index (χ1v) is 7.63. The molecule has 0 amide bonds. The molecule has 1 aromatic heterocycles. The molecule has 0 spiro atoms. The molecule has 1 heterocycles. The zero-order chi connectivity index (χ0) is 16.1. The Hall–Kier alpha value is -2.64. The van der Waals surface area contributed by atoms with Crippen LogP contribution >= 0.6 is 11.6 Å². The maximum absolute atomic E-state index is 10.0. The molecular formula is C18H15ClN4. The molecule has 0 radical (unpaired) electrons. The van der Waals surface area contributed by atoms with E-state index in [0.29, 0.717) is 18.0 Å². The average molecular weight is 323 g/mol. The Morgan fingerprint density at radius 3 is 2.43 bits per heavy atom. The van der Waals surface area contributed by atoms with Crippen LogP contribution in [0, 0.1) is 11.3 Å². The smallest absolute Gasteiger partial charge is 0.137 e. The van der Waals surface area contributed by atoms with Crippen LogP contribution < -0.4 is 0 Å². The van der Waals surface area contributed by atoms with Gasteiger partial charge in [0.2, 0.25) is 0 Å². The Labute approximate surface area is 140 Å². The molecule has 0 saturated carbocycles. The van der Waals surface area contributed by atoms with Gasteiger partial charge in [-0.05, 0) is 29.7 Å². The van der Waals surface area contributed by atoms with E-state index >= 15 is 0 Å². The van der Waals surface area contributed by atoms with Crippen molar-refractivity contribution < 1.29 is 0 Å². The predicted molar refractivity (Wildman–Crippen MR) is 88.9 cm³/mol. The molecule has 0 aliphatic carbocycles. The fourth-order valence-electron chi connectivity index (χ4n) is 2.69. The van der Waals surface area contributed by atoms with Crippen LogP contribution in [-0.4, -0.2) is 14.8 Å². The van der Waals surface area contributed by atoms with Crippen LogP contribution in [0.25, 0.3) is 0 Å². The minimum absolute atomic E-state index is 0.441. The normalized spacial score (nSPS) is 13.2.